The largest absolute Gasteiger partial charge is 0.393 e. The molecule has 1 aromatic rings. The van der Waals surface area contributed by atoms with E-state index in [1.807, 2.05) is 24.3 Å². The van der Waals surface area contributed by atoms with E-state index in [9.17, 15) is 15.3 Å². The summed E-state index contributed by atoms with van der Waals surface area (Å²) < 4.78 is 0. The number of aliphatic hydroxyl groups excluding tert-OH is 3. The molecule has 0 bridgehead atoms. The molecule has 1 aromatic carbocycles. The van der Waals surface area contributed by atoms with Crippen LogP contribution in [0.3, 0.4) is 0 Å². The molecule has 3 heteroatoms. The summed E-state index contributed by atoms with van der Waals surface area (Å²) in [6.07, 6.45) is 12.0. The van der Waals surface area contributed by atoms with E-state index in [4.69, 9.17) is 0 Å². The zero-order valence-corrected chi connectivity index (χ0v) is 15.6. The first kappa shape index (κ1) is 20.9. The van der Waals surface area contributed by atoms with Gasteiger partial charge in [-0.05, 0) is 37.2 Å². The molecule has 1 aliphatic carbocycles. The monoisotopic (exact) mass is 357 g/mol. The van der Waals surface area contributed by atoms with Crippen molar-refractivity contribution in [3.05, 3.63) is 67.1 Å². The van der Waals surface area contributed by atoms with Crippen LogP contribution in [0.5, 0.6) is 0 Å². The Morgan fingerprint density at radius 2 is 1.88 bits per heavy atom. The molecule has 144 valence electrons. The van der Waals surface area contributed by atoms with Crippen molar-refractivity contribution in [1.82, 2.24) is 0 Å². The smallest absolute Gasteiger partial charge is 0.0724 e. The Balaban J connectivity index is 1.85. The summed E-state index contributed by atoms with van der Waals surface area (Å²) in [5, 5.41) is 30.7. The highest BCUT2D eigenvalue weighted by Crippen LogP contribution is 2.36. The van der Waals surface area contributed by atoms with Crippen LogP contribution in [0.2, 0.25) is 0 Å². The minimum atomic E-state index is -0.541. The highest BCUT2D eigenvalue weighted by molar-refractivity contribution is 5.15. The third kappa shape index (κ3) is 6.71. The second kappa shape index (κ2) is 11.3. The highest BCUT2D eigenvalue weighted by Gasteiger charge is 2.39. The molecule has 0 saturated heterocycles. The van der Waals surface area contributed by atoms with Gasteiger partial charge in [0.25, 0.3) is 0 Å². The third-order valence-corrected chi connectivity index (χ3v) is 5.24. The number of aryl methyl sites for hydroxylation is 1. The fourth-order valence-electron chi connectivity index (χ4n) is 3.65. The zero-order valence-electron chi connectivity index (χ0n) is 15.6. The quantitative estimate of drug-likeness (QED) is 0.339. The van der Waals surface area contributed by atoms with Gasteiger partial charge in [0.15, 0.2) is 0 Å². The summed E-state index contributed by atoms with van der Waals surface area (Å²) in [7, 11) is 0. The lowest BCUT2D eigenvalue weighted by molar-refractivity contribution is 0.120. The Kier molecular flexibility index (Phi) is 9.10. The van der Waals surface area contributed by atoms with Crippen molar-refractivity contribution < 1.29 is 15.3 Å². The van der Waals surface area contributed by atoms with Crippen LogP contribution in [-0.4, -0.2) is 33.6 Å². The van der Waals surface area contributed by atoms with Crippen molar-refractivity contribution in [3.63, 3.8) is 0 Å². The van der Waals surface area contributed by atoms with E-state index in [0.717, 1.165) is 32.1 Å². The van der Waals surface area contributed by atoms with Crippen molar-refractivity contribution in [3.8, 4) is 0 Å². The lowest BCUT2D eigenvalue weighted by Gasteiger charge is -2.19. The normalized spacial score (nSPS) is 27.5. The molecule has 0 aromatic heterocycles. The minimum absolute atomic E-state index is 0.0126. The molecule has 0 spiro atoms. The Morgan fingerprint density at radius 3 is 2.62 bits per heavy atom. The van der Waals surface area contributed by atoms with Gasteiger partial charge in [-0.3, -0.25) is 0 Å². The van der Waals surface area contributed by atoms with Crippen molar-refractivity contribution in [1.29, 1.82) is 0 Å². The van der Waals surface area contributed by atoms with Crippen molar-refractivity contribution >= 4 is 0 Å². The molecule has 26 heavy (non-hydrogen) atoms. The fourth-order valence-corrected chi connectivity index (χ4v) is 3.65. The van der Waals surface area contributed by atoms with E-state index in [2.05, 4.69) is 31.2 Å². The molecule has 0 amide bonds. The first-order valence-corrected chi connectivity index (χ1v) is 9.82. The van der Waals surface area contributed by atoms with E-state index in [1.54, 1.807) is 6.08 Å². The number of hydrogen-bond donors (Lipinski definition) is 3. The van der Waals surface area contributed by atoms with E-state index in [1.165, 1.54) is 5.56 Å². The zero-order chi connectivity index (χ0) is 18.8. The predicted molar refractivity (Wildman–Crippen MR) is 106 cm³/mol. The molecule has 0 radical (unpaired) electrons. The van der Waals surface area contributed by atoms with Gasteiger partial charge in [0.05, 0.1) is 18.3 Å². The van der Waals surface area contributed by atoms with Crippen LogP contribution in [0.1, 0.15) is 44.1 Å². The van der Waals surface area contributed by atoms with E-state index < -0.39 is 18.3 Å². The molecule has 2 rings (SSSR count). The minimum Gasteiger partial charge on any atom is -0.393 e. The van der Waals surface area contributed by atoms with Crippen LogP contribution in [0, 0.1) is 18.8 Å². The SMILES string of the molecule is [CH2-]CCC/C=C\CC1C(O)CC(O)C1/C=C/C(O)CCc1ccccc1. The number of allylic oxidation sites excluding steroid dienone is 2. The van der Waals surface area contributed by atoms with Crippen LogP contribution in [-0.2, 0) is 6.42 Å². The highest BCUT2D eigenvalue weighted by atomic mass is 16.3. The molecular weight excluding hydrogens is 324 g/mol. The maximum Gasteiger partial charge on any atom is 0.0724 e. The van der Waals surface area contributed by atoms with Crippen LogP contribution < -0.4 is 0 Å². The van der Waals surface area contributed by atoms with Crippen molar-refractivity contribution in [2.75, 3.05) is 0 Å². The Hall–Kier alpha value is -1.42. The third-order valence-electron chi connectivity index (χ3n) is 5.24. The second-order valence-electron chi connectivity index (χ2n) is 7.29. The fraction of sp³-hybridized carbons (Fsp3) is 0.522. The van der Waals surface area contributed by atoms with Gasteiger partial charge in [0.1, 0.15) is 0 Å². The Morgan fingerprint density at radius 1 is 1.12 bits per heavy atom. The number of benzene rings is 1. The van der Waals surface area contributed by atoms with Crippen LogP contribution in [0.15, 0.2) is 54.6 Å². The summed E-state index contributed by atoms with van der Waals surface area (Å²) in [5.41, 5.74) is 1.21. The summed E-state index contributed by atoms with van der Waals surface area (Å²) in [4.78, 5) is 0. The van der Waals surface area contributed by atoms with Crippen molar-refractivity contribution in [2.45, 2.75) is 63.3 Å². The van der Waals surface area contributed by atoms with Crippen molar-refractivity contribution in [2.24, 2.45) is 11.8 Å². The predicted octanol–water partition coefficient (Wildman–Crippen LogP) is 3.84. The first-order chi connectivity index (χ1) is 12.6. The van der Waals surface area contributed by atoms with Gasteiger partial charge in [-0.1, -0.05) is 61.1 Å². The summed E-state index contributed by atoms with van der Waals surface area (Å²) in [5.74, 6) is -0.0903. The summed E-state index contributed by atoms with van der Waals surface area (Å²) in [6.45, 7) is 3.83. The molecule has 1 fully saturated rings. The number of hydrogen-bond acceptors (Lipinski definition) is 3. The molecule has 0 heterocycles. The van der Waals surface area contributed by atoms with Gasteiger partial charge in [-0.25, -0.2) is 0 Å². The average Bonchev–Trinajstić information content (AvgIpc) is 2.91. The van der Waals surface area contributed by atoms with E-state index in [-0.39, 0.29) is 11.8 Å². The van der Waals surface area contributed by atoms with Gasteiger partial charge in [-0.15, -0.1) is 0 Å². The Labute approximate surface area is 158 Å². The molecule has 3 N–H and O–H groups in total. The Bertz CT molecular complexity index is 552. The number of rotatable bonds is 10. The summed E-state index contributed by atoms with van der Waals surface area (Å²) in [6, 6.07) is 10.1. The van der Waals surface area contributed by atoms with Gasteiger partial charge < -0.3 is 22.2 Å². The van der Waals surface area contributed by atoms with E-state index in [0.29, 0.717) is 12.8 Å². The number of aliphatic hydroxyl groups is 3. The van der Waals surface area contributed by atoms with Crippen LogP contribution in [0.25, 0.3) is 0 Å². The average molecular weight is 358 g/mol. The lowest BCUT2D eigenvalue weighted by atomic mass is 9.89. The van der Waals surface area contributed by atoms with Gasteiger partial charge in [-0.2, -0.15) is 6.42 Å². The number of unbranched alkanes of at least 4 members (excludes halogenated alkanes) is 2. The maximum atomic E-state index is 10.3. The van der Waals surface area contributed by atoms with Gasteiger partial charge >= 0.3 is 0 Å². The summed E-state index contributed by atoms with van der Waals surface area (Å²) >= 11 is 0. The van der Waals surface area contributed by atoms with Gasteiger partial charge in [0, 0.05) is 12.3 Å². The molecule has 0 aliphatic heterocycles. The molecule has 5 atom stereocenters. The van der Waals surface area contributed by atoms with Crippen LogP contribution in [0.4, 0.5) is 0 Å². The first-order valence-electron chi connectivity index (χ1n) is 9.82. The lowest BCUT2D eigenvalue weighted by Crippen LogP contribution is -2.20. The topological polar surface area (TPSA) is 60.7 Å². The molecule has 1 saturated carbocycles. The van der Waals surface area contributed by atoms with Crippen LogP contribution >= 0.6 is 0 Å². The maximum absolute atomic E-state index is 10.3. The van der Waals surface area contributed by atoms with E-state index >= 15 is 0 Å². The standard InChI is InChI=1S/C23H33O3/c1-2-3-4-5-9-12-20-21(23(26)17-22(20)25)16-15-19(24)14-13-18-10-7-6-8-11-18/h5-11,15-16,19-26H,1-4,12-14,17H2/q-1/b9-5-,16-15+. The molecular formula is C23H33O3-. The second-order valence-corrected chi connectivity index (χ2v) is 7.29. The molecule has 5 unspecified atom stereocenters. The van der Waals surface area contributed by atoms with Gasteiger partial charge in [0.2, 0.25) is 0 Å². The molecule has 1 aliphatic rings. The molecule has 3 nitrogen and oxygen atoms in total.